The maximum atomic E-state index is 11.4. The highest BCUT2D eigenvalue weighted by Crippen LogP contribution is 2.12. The molecule has 3 aromatic rings. The van der Waals surface area contributed by atoms with Crippen molar-refractivity contribution in [2.75, 3.05) is 7.11 Å². The predicted molar refractivity (Wildman–Crippen MR) is 72.2 cm³/mol. The minimum atomic E-state index is -0.336. The van der Waals surface area contributed by atoms with Gasteiger partial charge in [-0.15, -0.1) is 0 Å². The van der Waals surface area contributed by atoms with Crippen LogP contribution in [0.15, 0.2) is 43.1 Å². The molecule has 0 bridgehead atoms. The smallest absolute Gasteiger partial charge is 0.337 e. The van der Waals surface area contributed by atoms with E-state index in [0.717, 1.165) is 16.7 Å². The van der Waals surface area contributed by atoms with E-state index in [9.17, 15) is 4.79 Å². The monoisotopic (exact) mass is 268 g/mol. The number of fused-ring (bicyclic) bond motifs is 1. The van der Waals surface area contributed by atoms with Gasteiger partial charge in [-0.2, -0.15) is 0 Å². The van der Waals surface area contributed by atoms with Gasteiger partial charge in [-0.25, -0.2) is 19.7 Å². The van der Waals surface area contributed by atoms with Crippen molar-refractivity contribution in [1.29, 1.82) is 0 Å². The summed E-state index contributed by atoms with van der Waals surface area (Å²) < 4.78 is 6.60. The largest absolute Gasteiger partial charge is 0.465 e. The highest BCUT2D eigenvalue weighted by atomic mass is 16.5. The van der Waals surface area contributed by atoms with Crippen LogP contribution in [-0.4, -0.2) is 32.6 Å². The van der Waals surface area contributed by atoms with Gasteiger partial charge in [0, 0.05) is 0 Å². The van der Waals surface area contributed by atoms with Crippen LogP contribution in [0.5, 0.6) is 0 Å². The number of hydrogen-bond acceptors (Lipinski definition) is 5. The van der Waals surface area contributed by atoms with Gasteiger partial charge in [0.25, 0.3) is 0 Å². The van der Waals surface area contributed by atoms with E-state index < -0.39 is 0 Å². The SMILES string of the molecule is COC(=O)c1ccc(Cn2cnc3cncnc32)cc1. The molecular formula is C14H12N4O2. The summed E-state index contributed by atoms with van der Waals surface area (Å²) in [6.07, 6.45) is 4.91. The first kappa shape index (κ1) is 12.3. The average molecular weight is 268 g/mol. The number of methoxy groups -OCH3 is 1. The summed E-state index contributed by atoms with van der Waals surface area (Å²) in [5.41, 5.74) is 3.14. The molecule has 0 aliphatic heterocycles. The molecule has 0 aliphatic carbocycles. The molecule has 0 unspecified atom stereocenters. The maximum Gasteiger partial charge on any atom is 0.337 e. The molecule has 2 aromatic heterocycles. The molecular weight excluding hydrogens is 256 g/mol. The van der Waals surface area contributed by atoms with E-state index in [2.05, 4.69) is 19.7 Å². The number of esters is 1. The lowest BCUT2D eigenvalue weighted by atomic mass is 10.1. The second-order valence-corrected chi connectivity index (χ2v) is 4.29. The molecule has 0 fully saturated rings. The Balaban J connectivity index is 1.86. The van der Waals surface area contributed by atoms with E-state index >= 15 is 0 Å². The average Bonchev–Trinajstić information content (AvgIpc) is 2.91. The van der Waals surface area contributed by atoms with Crippen molar-refractivity contribution in [2.24, 2.45) is 0 Å². The Kier molecular flexibility index (Phi) is 3.12. The molecule has 0 spiro atoms. The zero-order chi connectivity index (χ0) is 13.9. The van der Waals surface area contributed by atoms with Crippen LogP contribution in [0, 0.1) is 0 Å². The minimum Gasteiger partial charge on any atom is -0.465 e. The molecule has 0 saturated carbocycles. The number of ether oxygens (including phenoxy) is 1. The molecule has 6 heteroatoms. The van der Waals surface area contributed by atoms with Gasteiger partial charge < -0.3 is 9.30 Å². The number of rotatable bonds is 3. The van der Waals surface area contributed by atoms with Gasteiger partial charge in [0.2, 0.25) is 0 Å². The molecule has 0 N–H and O–H groups in total. The molecule has 20 heavy (non-hydrogen) atoms. The van der Waals surface area contributed by atoms with Crippen molar-refractivity contribution < 1.29 is 9.53 Å². The Hall–Kier alpha value is -2.76. The van der Waals surface area contributed by atoms with E-state index in [-0.39, 0.29) is 5.97 Å². The Bertz CT molecular complexity index is 749. The molecule has 3 rings (SSSR count). The Morgan fingerprint density at radius 3 is 2.80 bits per heavy atom. The van der Waals surface area contributed by atoms with E-state index in [1.165, 1.54) is 13.4 Å². The first-order chi connectivity index (χ1) is 9.78. The van der Waals surface area contributed by atoms with Gasteiger partial charge >= 0.3 is 5.97 Å². The summed E-state index contributed by atoms with van der Waals surface area (Å²) in [6, 6.07) is 7.27. The molecule has 2 heterocycles. The van der Waals surface area contributed by atoms with E-state index in [1.54, 1.807) is 24.7 Å². The van der Waals surface area contributed by atoms with E-state index in [4.69, 9.17) is 0 Å². The highest BCUT2D eigenvalue weighted by Gasteiger charge is 2.06. The summed E-state index contributed by atoms with van der Waals surface area (Å²) in [5, 5.41) is 0. The summed E-state index contributed by atoms with van der Waals surface area (Å²) in [5.74, 6) is -0.336. The van der Waals surface area contributed by atoms with Crippen LogP contribution in [-0.2, 0) is 11.3 Å². The quantitative estimate of drug-likeness (QED) is 0.676. The normalized spacial score (nSPS) is 10.7. The number of carbonyl (C=O) groups is 1. The Morgan fingerprint density at radius 1 is 1.25 bits per heavy atom. The Labute approximate surface area is 115 Å². The van der Waals surface area contributed by atoms with Crippen LogP contribution in [0.3, 0.4) is 0 Å². The second-order valence-electron chi connectivity index (χ2n) is 4.29. The topological polar surface area (TPSA) is 69.9 Å². The number of hydrogen-bond donors (Lipinski definition) is 0. The third-order valence-corrected chi connectivity index (χ3v) is 3.01. The van der Waals surface area contributed by atoms with Crippen LogP contribution in [0.25, 0.3) is 11.2 Å². The fourth-order valence-corrected chi connectivity index (χ4v) is 1.99. The lowest BCUT2D eigenvalue weighted by Crippen LogP contribution is -2.03. The fraction of sp³-hybridized carbons (Fsp3) is 0.143. The molecule has 1 aromatic carbocycles. The fourth-order valence-electron chi connectivity index (χ4n) is 1.99. The van der Waals surface area contributed by atoms with Gasteiger partial charge in [0.15, 0.2) is 5.65 Å². The van der Waals surface area contributed by atoms with Crippen LogP contribution < -0.4 is 0 Å². The van der Waals surface area contributed by atoms with E-state index in [0.29, 0.717) is 12.1 Å². The number of benzene rings is 1. The van der Waals surface area contributed by atoms with Gasteiger partial charge in [-0.05, 0) is 17.7 Å². The number of carbonyl (C=O) groups excluding carboxylic acids is 1. The zero-order valence-corrected chi connectivity index (χ0v) is 10.9. The molecule has 6 nitrogen and oxygen atoms in total. The molecule has 0 amide bonds. The molecule has 0 aliphatic rings. The number of imidazole rings is 1. The standard InChI is InChI=1S/C14H12N4O2/c1-20-14(19)11-4-2-10(3-5-11)7-18-9-17-12-6-15-8-16-13(12)18/h2-6,8-9H,7H2,1H3. The summed E-state index contributed by atoms with van der Waals surface area (Å²) >= 11 is 0. The first-order valence-corrected chi connectivity index (χ1v) is 6.06. The van der Waals surface area contributed by atoms with E-state index in [1.807, 2.05) is 16.7 Å². The van der Waals surface area contributed by atoms with Crippen molar-refractivity contribution in [3.8, 4) is 0 Å². The molecule has 0 saturated heterocycles. The summed E-state index contributed by atoms with van der Waals surface area (Å²) in [4.78, 5) is 23.7. The van der Waals surface area contributed by atoms with Gasteiger partial charge in [0.1, 0.15) is 11.8 Å². The molecule has 100 valence electrons. The highest BCUT2D eigenvalue weighted by molar-refractivity contribution is 5.89. The van der Waals surface area contributed by atoms with Crippen LogP contribution >= 0.6 is 0 Å². The van der Waals surface area contributed by atoms with Gasteiger partial charge in [-0.1, -0.05) is 12.1 Å². The minimum absolute atomic E-state index is 0.336. The maximum absolute atomic E-state index is 11.4. The van der Waals surface area contributed by atoms with Crippen molar-refractivity contribution in [2.45, 2.75) is 6.54 Å². The number of aromatic nitrogens is 4. The van der Waals surface area contributed by atoms with Crippen molar-refractivity contribution in [1.82, 2.24) is 19.5 Å². The van der Waals surface area contributed by atoms with Crippen LogP contribution in [0.2, 0.25) is 0 Å². The summed E-state index contributed by atoms with van der Waals surface area (Å²) in [7, 11) is 1.37. The number of nitrogens with zero attached hydrogens (tertiary/aromatic N) is 4. The lowest BCUT2D eigenvalue weighted by Gasteiger charge is -2.05. The van der Waals surface area contributed by atoms with Crippen molar-refractivity contribution in [3.05, 3.63) is 54.2 Å². The Morgan fingerprint density at radius 2 is 2.05 bits per heavy atom. The molecule has 0 atom stereocenters. The van der Waals surface area contributed by atoms with Crippen LogP contribution in [0.4, 0.5) is 0 Å². The first-order valence-electron chi connectivity index (χ1n) is 6.06. The van der Waals surface area contributed by atoms with Gasteiger partial charge in [0.05, 0.1) is 31.7 Å². The predicted octanol–water partition coefficient (Wildman–Crippen LogP) is 1.66. The summed E-state index contributed by atoms with van der Waals surface area (Å²) in [6.45, 7) is 0.634. The lowest BCUT2D eigenvalue weighted by molar-refractivity contribution is 0.0600. The third kappa shape index (κ3) is 2.23. The van der Waals surface area contributed by atoms with Gasteiger partial charge in [-0.3, -0.25) is 0 Å². The zero-order valence-electron chi connectivity index (χ0n) is 10.9. The van der Waals surface area contributed by atoms with Crippen molar-refractivity contribution >= 4 is 17.1 Å². The third-order valence-electron chi connectivity index (χ3n) is 3.01. The van der Waals surface area contributed by atoms with Crippen LogP contribution in [0.1, 0.15) is 15.9 Å². The molecule has 0 radical (unpaired) electrons. The second kappa shape index (κ2) is 5.08. The van der Waals surface area contributed by atoms with Crippen molar-refractivity contribution in [3.63, 3.8) is 0 Å².